The molecule has 6 rings (SSSR count). The van der Waals surface area contributed by atoms with Gasteiger partial charge in [-0.25, -0.2) is 14.7 Å². The van der Waals surface area contributed by atoms with E-state index in [0.29, 0.717) is 17.1 Å². The second-order valence-corrected chi connectivity index (χ2v) is 10.0. The average Bonchev–Trinajstić information content (AvgIpc) is 3.88. The standard InChI is InChI=1S/3C10H7NO2.2C4H10.3C2H6.2CH4/c3*12-9-6-7-10(13)11(9)8-4-2-1-3-5-8;2*1-3-4-2;3*1-2;;/h3*1-7H;2*3-4H2,1-2H3;3*1-2H3;2*1H4. The Labute approximate surface area is 332 Å². The van der Waals surface area contributed by atoms with Gasteiger partial charge in [0.2, 0.25) is 0 Å². The zero-order valence-corrected chi connectivity index (χ0v) is 33.2. The van der Waals surface area contributed by atoms with Crippen LogP contribution >= 0.6 is 0 Å². The number of amides is 6. The molecule has 0 saturated heterocycles. The van der Waals surface area contributed by atoms with E-state index in [0.717, 1.165) is 14.7 Å². The van der Waals surface area contributed by atoms with Crippen molar-refractivity contribution in [2.45, 2.75) is 110 Å². The van der Waals surface area contributed by atoms with E-state index in [1.165, 1.54) is 62.1 Å². The molecule has 0 saturated carbocycles. The molecule has 0 aromatic heterocycles. The summed E-state index contributed by atoms with van der Waals surface area (Å²) >= 11 is 0. The summed E-state index contributed by atoms with van der Waals surface area (Å²) in [5.74, 6) is -1.69. The number of hydrogen-bond acceptors (Lipinski definition) is 6. The topological polar surface area (TPSA) is 112 Å². The van der Waals surface area contributed by atoms with Crippen molar-refractivity contribution in [3.63, 3.8) is 0 Å². The molecule has 0 aliphatic carbocycles. The molecule has 0 fully saturated rings. The quantitative estimate of drug-likeness (QED) is 0.240. The number of rotatable bonds is 5. The first kappa shape index (κ1) is 56.0. The maximum atomic E-state index is 11.2. The Morgan fingerprint density at radius 1 is 0.309 bits per heavy atom. The van der Waals surface area contributed by atoms with E-state index in [4.69, 9.17) is 0 Å². The number of hydrogen-bond donors (Lipinski definition) is 0. The Bertz CT molecular complexity index is 1340. The van der Waals surface area contributed by atoms with E-state index in [9.17, 15) is 28.8 Å². The zero-order chi connectivity index (χ0) is 40.6. The third kappa shape index (κ3) is 20.4. The molecule has 9 heteroatoms. The summed E-state index contributed by atoms with van der Waals surface area (Å²) in [4.78, 5) is 70.6. The van der Waals surface area contributed by atoms with Crippen LogP contribution < -0.4 is 14.7 Å². The van der Waals surface area contributed by atoms with E-state index in [1.807, 2.05) is 59.7 Å². The van der Waals surface area contributed by atoms with Gasteiger partial charge in [-0.2, -0.15) is 0 Å². The van der Waals surface area contributed by atoms with Crippen LogP contribution in [0, 0.1) is 0 Å². The molecule has 55 heavy (non-hydrogen) atoms. The lowest BCUT2D eigenvalue weighted by atomic mass is 10.3. The van der Waals surface area contributed by atoms with Crippen molar-refractivity contribution in [3.05, 3.63) is 127 Å². The van der Waals surface area contributed by atoms with Crippen LogP contribution in [0.1, 0.15) is 110 Å². The van der Waals surface area contributed by atoms with Gasteiger partial charge in [-0.1, -0.05) is 164 Å². The minimum atomic E-state index is -0.281. The van der Waals surface area contributed by atoms with Gasteiger partial charge in [0.25, 0.3) is 35.4 Å². The Morgan fingerprint density at radius 2 is 0.455 bits per heavy atom. The number of para-hydroxylation sites is 3. The number of carbonyl (C=O) groups excluding carboxylic acids is 6. The van der Waals surface area contributed by atoms with Crippen molar-refractivity contribution in [2.24, 2.45) is 0 Å². The Hall–Kier alpha value is -5.70. The molecule has 0 radical (unpaired) electrons. The van der Waals surface area contributed by atoms with Gasteiger partial charge in [0, 0.05) is 36.5 Å². The molecule has 3 aromatic carbocycles. The first-order valence-corrected chi connectivity index (χ1v) is 18.5. The highest BCUT2D eigenvalue weighted by Crippen LogP contribution is 2.19. The Kier molecular flexibility index (Phi) is 36.0. The van der Waals surface area contributed by atoms with Gasteiger partial charge >= 0.3 is 0 Å². The van der Waals surface area contributed by atoms with Crippen molar-refractivity contribution in [1.29, 1.82) is 0 Å². The van der Waals surface area contributed by atoms with Crippen LogP contribution in [0.15, 0.2) is 127 Å². The molecule has 9 nitrogen and oxygen atoms in total. The second-order valence-electron chi connectivity index (χ2n) is 10.0. The summed E-state index contributed by atoms with van der Waals surface area (Å²) in [5.41, 5.74) is 1.84. The van der Waals surface area contributed by atoms with Crippen LogP contribution in [0.5, 0.6) is 0 Å². The van der Waals surface area contributed by atoms with E-state index in [1.54, 1.807) is 72.8 Å². The molecule has 3 heterocycles. The second kappa shape index (κ2) is 35.3. The van der Waals surface area contributed by atoms with Gasteiger partial charge < -0.3 is 0 Å². The van der Waals surface area contributed by atoms with Gasteiger partial charge in [-0.15, -0.1) is 0 Å². The van der Waals surface area contributed by atoms with E-state index in [-0.39, 0.29) is 50.3 Å². The normalized spacial score (nSPS) is 12.4. The molecule has 0 unspecified atom stereocenters. The molecule has 3 aliphatic heterocycles. The fourth-order valence-corrected chi connectivity index (χ4v) is 3.70. The van der Waals surface area contributed by atoms with Crippen molar-refractivity contribution in [2.75, 3.05) is 14.7 Å². The first-order valence-electron chi connectivity index (χ1n) is 18.5. The Balaban J connectivity index is -0.000000299. The highest BCUT2D eigenvalue weighted by Gasteiger charge is 2.26. The van der Waals surface area contributed by atoms with Crippen LogP contribution in [0.3, 0.4) is 0 Å². The lowest BCUT2D eigenvalue weighted by Crippen LogP contribution is -2.29. The molecular weight excluding hydrogens is 691 g/mol. The van der Waals surface area contributed by atoms with Crippen LogP contribution in [0.2, 0.25) is 0 Å². The predicted molar refractivity (Wildman–Crippen MR) is 233 cm³/mol. The fraction of sp³-hybridized carbons (Fsp3) is 0.348. The highest BCUT2D eigenvalue weighted by molar-refractivity contribution is 6.29. The van der Waals surface area contributed by atoms with E-state index < -0.39 is 0 Å². The lowest BCUT2D eigenvalue weighted by molar-refractivity contribution is -0.121. The number of nitrogens with zero attached hydrogens (tertiary/aromatic N) is 3. The van der Waals surface area contributed by atoms with E-state index >= 15 is 0 Å². The molecule has 0 atom stereocenters. The van der Waals surface area contributed by atoms with Crippen molar-refractivity contribution in [3.8, 4) is 0 Å². The monoisotopic (exact) mass is 758 g/mol. The molecule has 302 valence electrons. The first-order chi connectivity index (χ1) is 25.7. The smallest absolute Gasteiger partial charge is 0.258 e. The number of carbonyl (C=O) groups is 6. The highest BCUT2D eigenvalue weighted by atomic mass is 16.2. The molecule has 0 bridgehead atoms. The van der Waals surface area contributed by atoms with Crippen molar-refractivity contribution in [1.82, 2.24) is 0 Å². The summed E-state index contributed by atoms with van der Waals surface area (Å²) in [5, 5.41) is 0. The predicted octanol–water partition coefficient (Wildman–Crippen LogP) is 11.3. The van der Waals surface area contributed by atoms with Crippen molar-refractivity contribution >= 4 is 52.5 Å². The van der Waals surface area contributed by atoms with Crippen LogP contribution in [-0.4, -0.2) is 35.4 Å². The van der Waals surface area contributed by atoms with Gasteiger partial charge in [-0.3, -0.25) is 28.8 Å². The molecular formula is C46H67N3O6. The van der Waals surface area contributed by atoms with Crippen molar-refractivity contribution < 1.29 is 28.8 Å². The SMILES string of the molecule is C.C.CC.CC.CC.CCCC.CCCC.O=C1C=CC(=O)N1c1ccccc1.O=C1C=CC(=O)N1c1ccccc1.O=C1C=CC(=O)N1c1ccccc1. The zero-order valence-electron chi connectivity index (χ0n) is 33.2. The van der Waals surface area contributed by atoms with Crippen LogP contribution in [0.4, 0.5) is 17.1 Å². The summed E-state index contributed by atoms with van der Waals surface area (Å²) in [6, 6.07) is 26.6. The summed E-state index contributed by atoms with van der Waals surface area (Å²) in [6.07, 6.45) is 12.9. The summed E-state index contributed by atoms with van der Waals surface area (Å²) in [7, 11) is 0. The van der Waals surface area contributed by atoms with E-state index in [2.05, 4.69) is 27.7 Å². The van der Waals surface area contributed by atoms with Gasteiger partial charge in [0.05, 0.1) is 17.1 Å². The lowest BCUT2D eigenvalue weighted by Gasteiger charge is -2.12. The van der Waals surface area contributed by atoms with Gasteiger partial charge in [-0.05, 0) is 36.4 Å². The van der Waals surface area contributed by atoms with Gasteiger partial charge in [0.15, 0.2) is 0 Å². The minimum Gasteiger partial charge on any atom is -0.269 e. The Morgan fingerprint density at radius 3 is 0.582 bits per heavy atom. The summed E-state index contributed by atoms with van der Waals surface area (Å²) in [6.45, 7) is 20.7. The maximum Gasteiger partial charge on any atom is 0.258 e. The number of imide groups is 3. The fourth-order valence-electron chi connectivity index (χ4n) is 3.70. The number of anilines is 3. The average molecular weight is 758 g/mol. The third-order valence-electron chi connectivity index (χ3n) is 6.47. The largest absolute Gasteiger partial charge is 0.269 e. The number of benzene rings is 3. The molecule has 0 N–H and O–H groups in total. The van der Waals surface area contributed by atoms with Crippen LogP contribution in [-0.2, 0) is 28.8 Å². The molecule has 6 amide bonds. The maximum absolute atomic E-state index is 11.2. The minimum absolute atomic E-state index is 0. The third-order valence-corrected chi connectivity index (χ3v) is 6.47. The molecule has 3 aromatic rings. The summed E-state index contributed by atoms with van der Waals surface area (Å²) < 4.78 is 0. The van der Waals surface area contributed by atoms with Gasteiger partial charge in [0.1, 0.15) is 0 Å². The van der Waals surface area contributed by atoms with Crippen LogP contribution in [0.25, 0.3) is 0 Å². The number of unbranched alkanes of at least 4 members (excludes halogenated alkanes) is 2. The molecule has 0 spiro atoms. The molecule has 3 aliphatic rings.